The summed E-state index contributed by atoms with van der Waals surface area (Å²) in [5, 5.41) is 10.5. The van der Waals surface area contributed by atoms with Gasteiger partial charge in [-0.2, -0.15) is 5.10 Å². The first-order chi connectivity index (χ1) is 14.1. The largest absolute Gasteiger partial charge is 0.296 e. The van der Waals surface area contributed by atoms with Crippen LogP contribution < -0.4 is 10.9 Å². The number of thiazole rings is 1. The van der Waals surface area contributed by atoms with Gasteiger partial charge >= 0.3 is 0 Å². The number of carbonyl (C=O) groups excluding carboxylic acids is 1. The third kappa shape index (κ3) is 3.99. The van der Waals surface area contributed by atoms with Gasteiger partial charge in [0.2, 0.25) is 0 Å². The number of nitrogens with one attached hydrogen (secondary N) is 1. The van der Waals surface area contributed by atoms with E-state index in [9.17, 15) is 9.59 Å². The first-order valence-electron chi connectivity index (χ1n) is 9.09. The number of hydrogen-bond donors (Lipinski definition) is 1. The monoisotopic (exact) mass is 468 g/mol. The SMILES string of the molecule is CCCn1nc(C(=O)Nc2nc(-c3ccc(Br)cc3)cs2)c2ccccc2c1=O. The summed E-state index contributed by atoms with van der Waals surface area (Å²) in [7, 11) is 0. The van der Waals surface area contributed by atoms with Crippen LogP contribution in [0, 0.1) is 0 Å². The van der Waals surface area contributed by atoms with Crippen molar-refractivity contribution in [1.82, 2.24) is 14.8 Å². The molecule has 0 saturated heterocycles. The summed E-state index contributed by atoms with van der Waals surface area (Å²) < 4.78 is 2.34. The van der Waals surface area contributed by atoms with Crippen molar-refractivity contribution in [3.8, 4) is 11.3 Å². The van der Waals surface area contributed by atoms with Gasteiger partial charge in [-0.1, -0.05) is 53.2 Å². The van der Waals surface area contributed by atoms with Gasteiger partial charge in [0.1, 0.15) is 0 Å². The molecule has 29 heavy (non-hydrogen) atoms. The van der Waals surface area contributed by atoms with Crippen molar-refractivity contribution in [2.75, 3.05) is 5.32 Å². The Morgan fingerprint density at radius 1 is 1.14 bits per heavy atom. The average molecular weight is 469 g/mol. The van der Waals surface area contributed by atoms with Crippen molar-refractivity contribution in [1.29, 1.82) is 0 Å². The van der Waals surface area contributed by atoms with Crippen LogP contribution in [0.5, 0.6) is 0 Å². The molecule has 0 unspecified atom stereocenters. The van der Waals surface area contributed by atoms with Crippen LogP contribution in [0.15, 0.2) is 63.2 Å². The van der Waals surface area contributed by atoms with Crippen molar-refractivity contribution in [3.63, 3.8) is 0 Å². The van der Waals surface area contributed by atoms with Gasteiger partial charge in [-0.15, -0.1) is 11.3 Å². The normalized spacial score (nSPS) is 11.0. The topological polar surface area (TPSA) is 76.9 Å². The highest BCUT2D eigenvalue weighted by Gasteiger charge is 2.18. The molecule has 0 aliphatic rings. The number of carbonyl (C=O) groups is 1. The minimum Gasteiger partial charge on any atom is -0.296 e. The summed E-state index contributed by atoms with van der Waals surface area (Å²) in [5.41, 5.74) is 1.77. The molecular formula is C21H17BrN4O2S. The highest BCUT2D eigenvalue weighted by Crippen LogP contribution is 2.26. The number of rotatable bonds is 5. The van der Waals surface area contributed by atoms with E-state index in [2.05, 4.69) is 31.3 Å². The summed E-state index contributed by atoms with van der Waals surface area (Å²) in [6, 6.07) is 14.8. The Morgan fingerprint density at radius 3 is 2.59 bits per heavy atom. The third-order valence-electron chi connectivity index (χ3n) is 4.38. The van der Waals surface area contributed by atoms with E-state index >= 15 is 0 Å². The molecule has 4 rings (SSSR count). The van der Waals surface area contributed by atoms with E-state index in [4.69, 9.17) is 0 Å². The zero-order valence-electron chi connectivity index (χ0n) is 15.6. The zero-order valence-corrected chi connectivity index (χ0v) is 18.0. The van der Waals surface area contributed by atoms with Gasteiger partial charge in [0.15, 0.2) is 10.8 Å². The number of halogens is 1. The molecule has 146 valence electrons. The highest BCUT2D eigenvalue weighted by atomic mass is 79.9. The molecule has 0 saturated carbocycles. The molecule has 0 radical (unpaired) electrons. The molecule has 2 aromatic carbocycles. The second-order valence-electron chi connectivity index (χ2n) is 6.42. The predicted molar refractivity (Wildman–Crippen MR) is 119 cm³/mol. The lowest BCUT2D eigenvalue weighted by Gasteiger charge is -2.09. The van der Waals surface area contributed by atoms with Crippen LogP contribution >= 0.6 is 27.3 Å². The molecule has 2 heterocycles. The van der Waals surface area contributed by atoms with E-state index in [0.29, 0.717) is 22.4 Å². The van der Waals surface area contributed by atoms with E-state index in [1.165, 1.54) is 16.0 Å². The molecule has 0 bridgehead atoms. The van der Waals surface area contributed by atoms with E-state index in [-0.39, 0.29) is 17.2 Å². The van der Waals surface area contributed by atoms with Crippen LogP contribution in [-0.2, 0) is 6.54 Å². The van der Waals surface area contributed by atoms with Crippen LogP contribution in [0.4, 0.5) is 5.13 Å². The number of aromatic nitrogens is 3. The molecule has 0 aliphatic carbocycles. The molecular weight excluding hydrogens is 452 g/mol. The Bertz CT molecular complexity index is 1250. The fourth-order valence-electron chi connectivity index (χ4n) is 3.01. The molecule has 0 spiro atoms. The van der Waals surface area contributed by atoms with E-state index in [0.717, 1.165) is 22.2 Å². The fourth-order valence-corrected chi connectivity index (χ4v) is 3.99. The lowest BCUT2D eigenvalue weighted by atomic mass is 10.1. The van der Waals surface area contributed by atoms with Gasteiger partial charge in [0.25, 0.3) is 11.5 Å². The number of nitrogens with zero attached hydrogens (tertiary/aromatic N) is 3. The molecule has 1 amide bonds. The second-order valence-corrected chi connectivity index (χ2v) is 8.20. The van der Waals surface area contributed by atoms with E-state index in [1.54, 1.807) is 24.3 Å². The molecule has 0 atom stereocenters. The summed E-state index contributed by atoms with van der Waals surface area (Å²) >= 11 is 4.76. The quantitative estimate of drug-likeness (QED) is 0.449. The van der Waals surface area contributed by atoms with E-state index < -0.39 is 0 Å². The van der Waals surface area contributed by atoms with Crippen molar-refractivity contribution < 1.29 is 4.79 Å². The zero-order chi connectivity index (χ0) is 20.4. The summed E-state index contributed by atoms with van der Waals surface area (Å²) in [6.45, 7) is 2.41. The fraction of sp³-hybridized carbons (Fsp3) is 0.143. The Hall–Kier alpha value is -2.84. The number of benzene rings is 2. The molecule has 1 N–H and O–H groups in total. The maximum absolute atomic E-state index is 13.0. The van der Waals surface area contributed by atoms with Crippen LogP contribution in [0.3, 0.4) is 0 Å². The summed E-state index contributed by atoms with van der Waals surface area (Å²) in [5.74, 6) is -0.386. The van der Waals surface area contributed by atoms with E-state index in [1.807, 2.05) is 36.6 Å². The van der Waals surface area contributed by atoms with Gasteiger partial charge in [-0.05, 0) is 24.6 Å². The second kappa shape index (κ2) is 8.26. The smallest absolute Gasteiger partial charge is 0.278 e. The molecule has 4 aromatic rings. The first-order valence-corrected chi connectivity index (χ1v) is 10.8. The standard InChI is InChI=1S/C21H17BrN4O2S/c1-2-11-26-20(28)16-6-4-3-5-15(16)18(25-26)19(27)24-21-23-17(12-29-21)13-7-9-14(22)10-8-13/h3-10,12H,2,11H2,1H3,(H,23,24,27). The predicted octanol–water partition coefficient (Wildman–Crippen LogP) is 4.94. The van der Waals surface area contributed by atoms with Crippen molar-refractivity contribution in [2.24, 2.45) is 0 Å². The molecule has 0 aliphatic heterocycles. The third-order valence-corrected chi connectivity index (χ3v) is 5.67. The Kier molecular flexibility index (Phi) is 5.55. The summed E-state index contributed by atoms with van der Waals surface area (Å²) in [6.07, 6.45) is 0.745. The van der Waals surface area contributed by atoms with Crippen LogP contribution in [-0.4, -0.2) is 20.7 Å². The average Bonchev–Trinajstić information content (AvgIpc) is 3.19. The minimum atomic E-state index is -0.386. The van der Waals surface area contributed by atoms with Crippen LogP contribution in [0.25, 0.3) is 22.0 Å². The van der Waals surface area contributed by atoms with Gasteiger partial charge in [-0.3, -0.25) is 14.9 Å². The van der Waals surface area contributed by atoms with Crippen LogP contribution in [0.2, 0.25) is 0 Å². The minimum absolute atomic E-state index is 0.189. The lowest BCUT2D eigenvalue weighted by molar-refractivity contribution is 0.102. The Balaban J connectivity index is 1.67. The number of anilines is 1. The van der Waals surface area contributed by atoms with Gasteiger partial charge in [0, 0.05) is 27.3 Å². The number of aryl methyl sites for hydroxylation is 1. The molecule has 0 fully saturated rings. The first kappa shape index (κ1) is 19.5. The maximum Gasteiger partial charge on any atom is 0.278 e. The number of hydrogen-bond acceptors (Lipinski definition) is 5. The summed E-state index contributed by atoms with van der Waals surface area (Å²) in [4.78, 5) is 30.1. The van der Waals surface area contributed by atoms with Gasteiger partial charge in [-0.25, -0.2) is 9.67 Å². The Labute approximate surface area is 179 Å². The maximum atomic E-state index is 13.0. The number of fused-ring (bicyclic) bond motifs is 1. The molecule has 8 heteroatoms. The van der Waals surface area contributed by atoms with Crippen molar-refractivity contribution in [3.05, 3.63) is 74.4 Å². The Morgan fingerprint density at radius 2 is 1.86 bits per heavy atom. The van der Waals surface area contributed by atoms with Crippen molar-refractivity contribution >= 4 is 49.1 Å². The van der Waals surface area contributed by atoms with Crippen LogP contribution in [0.1, 0.15) is 23.8 Å². The van der Waals surface area contributed by atoms with Crippen molar-refractivity contribution in [2.45, 2.75) is 19.9 Å². The number of amides is 1. The molecule has 2 aromatic heterocycles. The molecule has 6 nitrogen and oxygen atoms in total. The lowest BCUT2D eigenvalue weighted by Crippen LogP contribution is -2.27. The van der Waals surface area contributed by atoms with Gasteiger partial charge < -0.3 is 0 Å². The van der Waals surface area contributed by atoms with Gasteiger partial charge in [0.05, 0.1) is 11.1 Å². The highest BCUT2D eigenvalue weighted by molar-refractivity contribution is 9.10.